The highest BCUT2D eigenvalue weighted by atomic mass is 16.6. The van der Waals surface area contributed by atoms with Gasteiger partial charge in [-0.1, -0.05) is 30.3 Å². The van der Waals surface area contributed by atoms with Gasteiger partial charge < -0.3 is 15.0 Å². The molecule has 0 spiro atoms. The molecule has 3 rings (SSSR count). The standard InChI is InChI=1S/C23H26N4O4/c1-23(2,3)31-22(30)24-13-7-10-19(28)27-21-25-17-12-11-16(14-18(17)26-21)20(29)15-8-5-4-6-9-15/h4-6,8-9,11-12,14H,7,10,13H2,1-3H3,(H,24,30)(H2,25,26,27,28). The van der Waals surface area contributed by atoms with Crippen molar-refractivity contribution in [3.63, 3.8) is 0 Å². The van der Waals surface area contributed by atoms with Crippen LogP contribution in [-0.4, -0.2) is 39.9 Å². The molecule has 0 atom stereocenters. The summed E-state index contributed by atoms with van der Waals surface area (Å²) in [5.41, 5.74) is 1.88. The quantitative estimate of drug-likeness (QED) is 0.393. The van der Waals surface area contributed by atoms with Gasteiger partial charge in [0.2, 0.25) is 11.9 Å². The van der Waals surface area contributed by atoms with Gasteiger partial charge in [-0.3, -0.25) is 14.9 Å². The van der Waals surface area contributed by atoms with E-state index in [-0.39, 0.29) is 18.1 Å². The number of aromatic amines is 1. The van der Waals surface area contributed by atoms with Crippen molar-refractivity contribution >= 4 is 34.8 Å². The van der Waals surface area contributed by atoms with Crippen LogP contribution in [-0.2, 0) is 9.53 Å². The first-order valence-electron chi connectivity index (χ1n) is 10.1. The highest BCUT2D eigenvalue weighted by Crippen LogP contribution is 2.19. The first kappa shape index (κ1) is 22.0. The van der Waals surface area contributed by atoms with Gasteiger partial charge in [-0.2, -0.15) is 0 Å². The van der Waals surface area contributed by atoms with Crippen molar-refractivity contribution in [1.82, 2.24) is 15.3 Å². The Labute approximate surface area is 180 Å². The van der Waals surface area contributed by atoms with Crippen molar-refractivity contribution in [3.8, 4) is 0 Å². The molecule has 0 unspecified atom stereocenters. The Balaban J connectivity index is 1.53. The first-order valence-corrected chi connectivity index (χ1v) is 10.1. The van der Waals surface area contributed by atoms with E-state index in [2.05, 4.69) is 20.6 Å². The molecule has 2 amide bonds. The van der Waals surface area contributed by atoms with Gasteiger partial charge in [0.15, 0.2) is 5.78 Å². The smallest absolute Gasteiger partial charge is 0.407 e. The highest BCUT2D eigenvalue weighted by molar-refractivity contribution is 6.10. The van der Waals surface area contributed by atoms with Gasteiger partial charge in [-0.25, -0.2) is 9.78 Å². The monoisotopic (exact) mass is 422 g/mol. The van der Waals surface area contributed by atoms with Crippen LogP contribution in [0.15, 0.2) is 48.5 Å². The molecule has 0 aliphatic rings. The maximum Gasteiger partial charge on any atom is 0.407 e. The van der Waals surface area contributed by atoms with E-state index in [1.807, 2.05) is 18.2 Å². The minimum absolute atomic E-state index is 0.0832. The number of benzene rings is 2. The molecule has 8 nitrogen and oxygen atoms in total. The van der Waals surface area contributed by atoms with Crippen LogP contribution in [0, 0.1) is 0 Å². The molecule has 0 fully saturated rings. The highest BCUT2D eigenvalue weighted by Gasteiger charge is 2.16. The third-order valence-corrected chi connectivity index (χ3v) is 4.29. The molecule has 0 radical (unpaired) electrons. The number of nitrogens with one attached hydrogen (secondary N) is 3. The molecule has 8 heteroatoms. The van der Waals surface area contributed by atoms with Crippen molar-refractivity contribution in [3.05, 3.63) is 59.7 Å². The zero-order valence-corrected chi connectivity index (χ0v) is 17.8. The number of fused-ring (bicyclic) bond motifs is 1. The molecular formula is C23H26N4O4. The summed E-state index contributed by atoms with van der Waals surface area (Å²) in [5, 5.41) is 5.32. The number of anilines is 1. The molecule has 1 heterocycles. The molecular weight excluding hydrogens is 396 g/mol. The number of hydrogen-bond donors (Lipinski definition) is 3. The van der Waals surface area contributed by atoms with Crippen LogP contribution in [0.4, 0.5) is 10.7 Å². The summed E-state index contributed by atoms with van der Waals surface area (Å²) in [7, 11) is 0. The molecule has 2 aromatic carbocycles. The molecule has 0 aliphatic carbocycles. The number of ether oxygens (including phenoxy) is 1. The number of rotatable bonds is 7. The number of nitrogens with zero attached hydrogens (tertiary/aromatic N) is 1. The molecule has 0 saturated carbocycles. The number of imidazole rings is 1. The molecule has 0 saturated heterocycles. The largest absolute Gasteiger partial charge is 0.444 e. The molecule has 0 bridgehead atoms. The van der Waals surface area contributed by atoms with E-state index < -0.39 is 11.7 Å². The van der Waals surface area contributed by atoms with Crippen molar-refractivity contribution in [2.24, 2.45) is 0 Å². The second-order valence-corrected chi connectivity index (χ2v) is 8.09. The lowest BCUT2D eigenvalue weighted by atomic mass is 10.0. The number of aromatic nitrogens is 2. The van der Waals surface area contributed by atoms with Crippen molar-refractivity contribution in [2.75, 3.05) is 11.9 Å². The van der Waals surface area contributed by atoms with Crippen LogP contribution in [0.2, 0.25) is 0 Å². The Morgan fingerprint density at radius 1 is 1.03 bits per heavy atom. The Morgan fingerprint density at radius 3 is 2.48 bits per heavy atom. The van der Waals surface area contributed by atoms with Gasteiger partial charge in [0, 0.05) is 24.1 Å². The van der Waals surface area contributed by atoms with Gasteiger partial charge in [0.1, 0.15) is 5.60 Å². The van der Waals surface area contributed by atoms with E-state index in [1.165, 1.54) is 0 Å². The molecule has 1 aromatic heterocycles. The lowest BCUT2D eigenvalue weighted by Gasteiger charge is -2.19. The molecule has 3 N–H and O–H groups in total. The lowest BCUT2D eigenvalue weighted by molar-refractivity contribution is -0.116. The second-order valence-electron chi connectivity index (χ2n) is 8.09. The third-order valence-electron chi connectivity index (χ3n) is 4.29. The van der Waals surface area contributed by atoms with E-state index in [0.29, 0.717) is 41.1 Å². The SMILES string of the molecule is CC(C)(C)OC(=O)NCCCC(=O)Nc1nc2ccc(C(=O)c3ccccc3)cc2[nH]1. The summed E-state index contributed by atoms with van der Waals surface area (Å²) in [4.78, 5) is 43.7. The Hall–Kier alpha value is -3.68. The summed E-state index contributed by atoms with van der Waals surface area (Å²) in [5.74, 6) is -0.00443. The summed E-state index contributed by atoms with van der Waals surface area (Å²) in [6, 6.07) is 14.2. The maximum atomic E-state index is 12.6. The fourth-order valence-electron chi connectivity index (χ4n) is 2.91. The van der Waals surface area contributed by atoms with E-state index in [1.54, 1.807) is 51.1 Å². The average molecular weight is 422 g/mol. The van der Waals surface area contributed by atoms with Crippen molar-refractivity contribution in [2.45, 2.75) is 39.2 Å². The normalized spacial score (nSPS) is 11.2. The summed E-state index contributed by atoms with van der Waals surface area (Å²) >= 11 is 0. The predicted molar refractivity (Wildman–Crippen MR) is 118 cm³/mol. The van der Waals surface area contributed by atoms with Crippen molar-refractivity contribution in [1.29, 1.82) is 0 Å². The fraction of sp³-hybridized carbons (Fsp3) is 0.304. The Bertz CT molecular complexity index is 1080. The van der Waals surface area contributed by atoms with Gasteiger partial charge in [-0.15, -0.1) is 0 Å². The summed E-state index contributed by atoms with van der Waals surface area (Å²) in [6.45, 7) is 5.68. The van der Waals surface area contributed by atoms with E-state index >= 15 is 0 Å². The molecule has 162 valence electrons. The minimum Gasteiger partial charge on any atom is -0.444 e. The zero-order valence-electron chi connectivity index (χ0n) is 17.8. The lowest BCUT2D eigenvalue weighted by Crippen LogP contribution is -2.33. The van der Waals surface area contributed by atoms with Crippen LogP contribution in [0.25, 0.3) is 11.0 Å². The number of H-pyrrole nitrogens is 1. The number of carbonyl (C=O) groups excluding carboxylic acids is 3. The second kappa shape index (κ2) is 9.42. The number of carbonyl (C=O) groups is 3. The van der Waals surface area contributed by atoms with E-state index in [9.17, 15) is 14.4 Å². The number of amides is 2. The third kappa shape index (κ3) is 6.40. The van der Waals surface area contributed by atoms with Crippen LogP contribution < -0.4 is 10.6 Å². The maximum absolute atomic E-state index is 12.6. The average Bonchev–Trinajstić information content (AvgIpc) is 3.11. The minimum atomic E-state index is -0.561. The van der Waals surface area contributed by atoms with E-state index in [4.69, 9.17) is 4.74 Å². The number of alkyl carbamates (subject to hydrolysis) is 1. The van der Waals surface area contributed by atoms with Crippen LogP contribution in [0.5, 0.6) is 0 Å². The Kier molecular flexibility index (Phi) is 6.69. The topological polar surface area (TPSA) is 113 Å². The van der Waals surface area contributed by atoms with Crippen LogP contribution >= 0.6 is 0 Å². The van der Waals surface area contributed by atoms with Crippen LogP contribution in [0.3, 0.4) is 0 Å². The zero-order chi connectivity index (χ0) is 22.4. The van der Waals surface area contributed by atoms with E-state index in [0.717, 1.165) is 0 Å². The molecule has 3 aromatic rings. The molecule has 0 aliphatic heterocycles. The summed E-state index contributed by atoms with van der Waals surface area (Å²) < 4.78 is 5.14. The summed E-state index contributed by atoms with van der Waals surface area (Å²) in [6.07, 6.45) is 0.164. The predicted octanol–water partition coefficient (Wildman–Crippen LogP) is 4.04. The van der Waals surface area contributed by atoms with Gasteiger partial charge >= 0.3 is 6.09 Å². The van der Waals surface area contributed by atoms with Crippen molar-refractivity contribution < 1.29 is 19.1 Å². The number of ketones is 1. The molecule has 31 heavy (non-hydrogen) atoms. The van der Waals surface area contributed by atoms with Gasteiger partial charge in [0.25, 0.3) is 0 Å². The fourth-order valence-corrected chi connectivity index (χ4v) is 2.91. The first-order chi connectivity index (χ1) is 14.7. The van der Waals surface area contributed by atoms with Crippen LogP contribution in [0.1, 0.15) is 49.5 Å². The van der Waals surface area contributed by atoms with Gasteiger partial charge in [0.05, 0.1) is 11.0 Å². The Morgan fingerprint density at radius 2 is 1.77 bits per heavy atom. The van der Waals surface area contributed by atoms with Gasteiger partial charge in [-0.05, 0) is 45.4 Å². The number of hydrogen-bond acceptors (Lipinski definition) is 5.